The molecule has 1 atom stereocenters. The maximum Gasteiger partial charge on any atom is 0.263 e. The van der Waals surface area contributed by atoms with Crippen molar-refractivity contribution >= 4 is 23.6 Å². The number of anilines is 1. The van der Waals surface area contributed by atoms with Gasteiger partial charge in [0.05, 0.1) is 12.8 Å². The number of hydrazine groups is 1. The van der Waals surface area contributed by atoms with Crippen LogP contribution in [-0.2, 0) is 4.79 Å². The highest BCUT2D eigenvalue weighted by Crippen LogP contribution is 2.16. The normalized spacial score (nSPS) is 11.6. The van der Waals surface area contributed by atoms with Gasteiger partial charge in [-0.25, -0.2) is 0 Å². The van der Waals surface area contributed by atoms with Gasteiger partial charge in [0, 0.05) is 12.1 Å². The van der Waals surface area contributed by atoms with E-state index in [-0.39, 0.29) is 11.8 Å². The lowest BCUT2D eigenvalue weighted by atomic mass is 10.1. The second-order valence-corrected chi connectivity index (χ2v) is 7.87. The summed E-state index contributed by atoms with van der Waals surface area (Å²) in [5.74, 6) is 0.224. The lowest BCUT2D eigenvalue weighted by molar-refractivity contribution is -0.131. The fraction of sp³-hybridized carbons (Fsp3) is 0.214. The molecule has 0 saturated heterocycles. The number of benzene rings is 3. The van der Waals surface area contributed by atoms with E-state index in [0.717, 1.165) is 22.6 Å². The highest BCUT2D eigenvalue weighted by Gasteiger charge is 2.25. The summed E-state index contributed by atoms with van der Waals surface area (Å²) in [4.78, 5) is 26.4. The number of amides is 2. The minimum Gasteiger partial charge on any atom is -0.497 e. The average Bonchev–Trinajstić information content (AvgIpc) is 2.87. The molecular formula is C28H31N3O3. The standard InChI is InChI=1S/C28H31N3O3/c1-4-31(30-24-16-18-25(34-3)19-17-24)28(33)26(15-9-13-22-11-6-5-7-12-22)29-27(32)23-14-8-10-21(2)20-23/h5-14,16-20,26,30H,4,15H2,1-3H3,(H,29,32). The van der Waals surface area contributed by atoms with Crippen molar-refractivity contribution in [3.63, 3.8) is 0 Å². The first-order chi connectivity index (χ1) is 16.5. The Kier molecular flexibility index (Phi) is 8.86. The molecule has 0 fully saturated rings. The summed E-state index contributed by atoms with van der Waals surface area (Å²) in [6.45, 7) is 4.23. The molecule has 0 aliphatic carbocycles. The molecule has 176 valence electrons. The van der Waals surface area contributed by atoms with E-state index < -0.39 is 6.04 Å². The van der Waals surface area contributed by atoms with Crippen LogP contribution in [0.5, 0.6) is 5.75 Å². The van der Waals surface area contributed by atoms with E-state index in [2.05, 4.69) is 10.7 Å². The van der Waals surface area contributed by atoms with Gasteiger partial charge in [0.15, 0.2) is 0 Å². The van der Waals surface area contributed by atoms with Gasteiger partial charge in [0.2, 0.25) is 0 Å². The molecule has 6 nitrogen and oxygen atoms in total. The largest absolute Gasteiger partial charge is 0.497 e. The molecule has 0 aliphatic heterocycles. The molecule has 0 bridgehead atoms. The second-order valence-electron chi connectivity index (χ2n) is 7.87. The Balaban J connectivity index is 1.78. The number of nitrogens with one attached hydrogen (secondary N) is 2. The number of methoxy groups -OCH3 is 1. The van der Waals surface area contributed by atoms with Gasteiger partial charge >= 0.3 is 0 Å². The fourth-order valence-electron chi connectivity index (χ4n) is 3.45. The summed E-state index contributed by atoms with van der Waals surface area (Å²) in [5.41, 5.74) is 6.43. The van der Waals surface area contributed by atoms with Crippen molar-refractivity contribution in [1.82, 2.24) is 10.3 Å². The molecule has 3 aromatic carbocycles. The van der Waals surface area contributed by atoms with Gasteiger partial charge in [0.1, 0.15) is 11.8 Å². The molecular weight excluding hydrogens is 426 g/mol. The Morgan fingerprint density at radius 2 is 1.74 bits per heavy atom. The zero-order chi connectivity index (χ0) is 24.3. The number of rotatable bonds is 10. The van der Waals surface area contributed by atoms with Gasteiger partial charge in [-0.2, -0.15) is 0 Å². The van der Waals surface area contributed by atoms with Gasteiger partial charge in [0.25, 0.3) is 11.8 Å². The van der Waals surface area contributed by atoms with Crippen LogP contribution >= 0.6 is 0 Å². The van der Waals surface area contributed by atoms with Crippen LogP contribution < -0.4 is 15.5 Å². The van der Waals surface area contributed by atoms with Crippen molar-refractivity contribution in [3.05, 3.63) is 102 Å². The van der Waals surface area contributed by atoms with Crippen molar-refractivity contribution in [2.45, 2.75) is 26.3 Å². The number of carbonyl (C=O) groups is 2. The van der Waals surface area contributed by atoms with E-state index in [0.29, 0.717) is 18.5 Å². The van der Waals surface area contributed by atoms with Crippen LogP contribution in [-0.4, -0.2) is 36.5 Å². The summed E-state index contributed by atoms with van der Waals surface area (Å²) < 4.78 is 5.20. The Morgan fingerprint density at radius 1 is 1.00 bits per heavy atom. The van der Waals surface area contributed by atoms with E-state index in [1.807, 2.05) is 98.8 Å². The molecule has 0 saturated carbocycles. The zero-order valence-corrected chi connectivity index (χ0v) is 19.8. The maximum atomic E-state index is 13.5. The summed E-state index contributed by atoms with van der Waals surface area (Å²) in [6, 6.07) is 23.7. The molecule has 1 unspecified atom stereocenters. The van der Waals surface area contributed by atoms with Crippen molar-refractivity contribution in [2.75, 3.05) is 19.1 Å². The molecule has 6 heteroatoms. The highest BCUT2D eigenvalue weighted by molar-refractivity contribution is 5.98. The van der Waals surface area contributed by atoms with Crippen LogP contribution in [0, 0.1) is 6.92 Å². The average molecular weight is 458 g/mol. The van der Waals surface area contributed by atoms with Crippen molar-refractivity contribution in [2.24, 2.45) is 0 Å². The van der Waals surface area contributed by atoms with E-state index in [1.165, 1.54) is 5.01 Å². The molecule has 0 spiro atoms. The van der Waals surface area contributed by atoms with Crippen LogP contribution in [0.1, 0.15) is 34.8 Å². The van der Waals surface area contributed by atoms with Crippen molar-refractivity contribution < 1.29 is 14.3 Å². The van der Waals surface area contributed by atoms with Crippen molar-refractivity contribution in [3.8, 4) is 5.75 Å². The monoisotopic (exact) mass is 457 g/mol. The molecule has 3 rings (SSSR count). The van der Waals surface area contributed by atoms with Gasteiger partial charge in [-0.15, -0.1) is 0 Å². The zero-order valence-electron chi connectivity index (χ0n) is 19.8. The predicted octanol–water partition coefficient (Wildman–Crippen LogP) is 5.08. The van der Waals surface area contributed by atoms with E-state index in [9.17, 15) is 9.59 Å². The van der Waals surface area contributed by atoms with E-state index in [4.69, 9.17) is 4.74 Å². The molecule has 0 aromatic heterocycles. The Bertz CT molecular complexity index is 1110. The van der Waals surface area contributed by atoms with E-state index in [1.54, 1.807) is 13.2 Å². The van der Waals surface area contributed by atoms with Gasteiger partial charge in [-0.3, -0.25) is 20.0 Å². The summed E-state index contributed by atoms with van der Waals surface area (Å²) in [7, 11) is 1.61. The highest BCUT2D eigenvalue weighted by atomic mass is 16.5. The van der Waals surface area contributed by atoms with E-state index >= 15 is 0 Å². The minimum atomic E-state index is -0.737. The molecule has 2 amide bonds. The van der Waals surface area contributed by atoms with Crippen LogP contribution in [0.3, 0.4) is 0 Å². The molecule has 3 aromatic rings. The molecule has 34 heavy (non-hydrogen) atoms. The lowest BCUT2D eigenvalue weighted by Gasteiger charge is -2.27. The third kappa shape index (κ3) is 6.97. The number of likely N-dealkylation sites (N-methyl/N-ethyl adjacent to an activating group) is 1. The SMILES string of the molecule is CCN(Nc1ccc(OC)cc1)C(=O)C(CC=Cc1ccccc1)NC(=O)c1cccc(C)c1. The third-order valence-electron chi connectivity index (χ3n) is 5.30. The first kappa shape index (κ1) is 24.6. The Morgan fingerprint density at radius 3 is 2.38 bits per heavy atom. The first-order valence-electron chi connectivity index (χ1n) is 11.3. The molecule has 0 heterocycles. The van der Waals surface area contributed by atoms with Crippen molar-refractivity contribution in [1.29, 1.82) is 0 Å². The number of carbonyl (C=O) groups excluding carboxylic acids is 2. The first-order valence-corrected chi connectivity index (χ1v) is 11.3. The van der Waals surface area contributed by atoms with Gasteiger partial charge < -0.3 is 10.1 Å². The smallest absolute Gasteiger partial charge is 0.263 e. The summed E-state index contributed by atoms with van der Waals surface area (Å²) in [6.07, 6.45) is 4.22. The number of hydrogen-bond donors (Lipinski definition) is 2. The van der Waals surface area contributed by atoms with Gasteiger partial charge in [-0.1, -0.05) is 60.2 Å². The van der Waals surface area contributed by atoms with Crippen LogP contribution in [0.15, 0.2) is 84.9 Å². The number of aryl methyl sites for hydroxylation is 1. The second kappa shape index (κ2) is 12.3. The molecule has 2 N–H and O–H groups in total. The Labute approximate surface area is 201 Å². The summed E-state index contributed by atoms with van der Waals surface area (Å²) in [5, 5.41) is 4.44. The summed E-state index contributed by atoms with van der Waals surface area (Å²) >= 11 is 0. The lowest BCUT2D eigenvalue weighted by Crippen LogP contribution is -2.50. The fourth-order valence-corrected chi connectivity index (χ4v) is 3.45. The van der Waals surface area contributed by atoms with Crippen LogP contribution in [0.2, 0.25) is 0 Å². The molecule has 0 radical (unpaired) electrons. The number of hydrogen-bond acceptors (Lipinski definition) is 4. The Hall–Kier alpha value is -4.06. The van der Waals surface area contributed by atoms with Crippen LogP contribution in [0.4, 0.5) is 5.69 Å². The van der Waals surface area contributed by atoms with Gasteiger partial charge in [-0.05, 0) is 62.2 Å². The predicted molar refractivity (Wildman–Crippen MR) is 137 cm³/mol. The minimum absolute atomic E-state index is 0.225. The maximum absolute atomic E-state index is 13.5. The number of ether oxygens (including phenoxy) is 1. The molecule has 0 aliphatic rings. The quantitative estimate of drug-likeness (QED) is 0.417. The third-order valence-corrected chi connectivity index (χ3v) is 5.30. The number of nitrogens with zero attached hydrogens (tertiary/aromatic N) is 1. The topological polar surface area (TPSA) is 70.7 Å². The van der Waals surface area contributed by atoms with Crippen LogP contribution in [0.25, 0.3) is 6.08 Å².